The van der Waals surface area contributed by atoms with Crippen molar-refractivity contribution in [2.45, 2.75) is 24.0 Å². The highest BCUT2D eigenvalue weighted by Gasteiger charge is 2.39. The summed E-state index contributed by atoms with van der Waals surface area (Å²) in [6.45, 7) is 1.07. The van der Waals surface area contributed by atoms with Crippen LogP contribution in [-0.2, 0) is 0 Å². The Balaban J connectivity index is 3.02. The zero-order valence-corrected chi connectivity index (χ0v) is 9.87. The van der Waals surface area contributed by atoms with Crippen molar-refractivity contribution in [2.24, 2.45) is 0 Å². The molecule has 1 unspecified atom stereocenters. The molecule has 2 nitrogen and oxygen atoms in total. The lowest BCUT2D eigenvalue weighted by Gasteiger charge is -2.16. The van der Waals surface area contributed by atoms with E-state index in [1.54, 1.807) is 6.26 Å². The van der Waals surface area contributed by atoms with Crippen molar-refractivity contribution in [1.82, 2.24) is 9.78 Å². The van der Waals surface area contributed by atoms with E-state index in [4.69, 9.17) is 0 Å². The lowest BCUT2D eigenvalue weighted by molar-refractivity contribution is -0.165. The van der Waals surface area contributed by atoms with Crippen LogP contribution in [0.15, 0.2) is 15.7 Å². The summed E-state index contributed by atoms with van der Waals surface area (Å²) in [7, 11) is 0. The van der Waals surface area contributed by atoms with Gasteiger partial charge in [0.15, 0.2) is 0 Å². The van der Waals surface area contributed by atoms with E-state index in [9.17, 15) is 13.2 Å². The topological polar surface area (TPSA) is 17.8 Å². The standard InChI is InChI=1S/C7H8BrF3N2S/c1-4(7(9,10)11)13-6(8)5(14-2)3-12-13/h3-4H,1-2H3. The third-order valence-corrected chi connectivity index (χ3v) is 3.56. The molecule has 0 bridgehead atoms. The predicted octanol–water partition coefficient (Wildman–Crippen LogP) is 3.49. The van der Waals surface area contributed by atoms with Gasteiger partial charge in [0.1, 0.15) is 10.6 Å². The summed E-state index contributed by atoms with van der Waals surface area (Å²) in [6.07, 6.45) is -1.08. The molecule has 0 aliphatic rings. The molecule has 0 radical (unpaired) electrons. The van der Waals surface area contributed by atoms with Crippen molar-refractivity contribution < 1.29 is 13.2 Å². The van der Waals surface area contributed by atoms with E-state index >= 15 is 0 Å². The van der Waals surface area contributed by atoms with Gasteiger partial charge in [0.05, 0.1) is 11.1 Å². The van der Waals surface area contributed by atoms with E-state index in [2.05, 4.69) is 21.0 Å². The van der Waals surface area contributed by atoms with E-state index in [-0.39, 0.29) is 0 Å². The van der Waals surface area contributed by atoms with Gasteiger partial charge in [0, 0.05) is 0 Å². The molecule has 0 aliphatic carbocycles. The van der Waals surface area contributed by atoms with Gasteiger partial charge in [-0.15, -0.1) is 11.8 Å². The van der Waals surface area contributed by atoms with Gasteiger partial charge in [0.2, 0.25) is 0 Å². The summed E-state index contributed by atoms with van der Waals surface area (Å²) >= 11 is 4.43. The lowest BCUT2D eigenvalue weighted by Crippen LogP contribution is -2.24. The number of aromatic nitrogens is 2. The smallest absolute Gasteiger partial charge is 0.245 e. The quantitative estimate of drug-likeness (QED) is 0.776. The Bertz CT molecular complexity index is 323. The second-order valence-electron chi connectivity index (χ2n) is 2.67. The third kappa shape index (κ3) is 2.25. The Kier molecular flexibility index (Phi) is 3.52. The highest BCUT2D eigenvalue weighted by Crippen LogP contribution is 2.34. The molecule has 0 fully saturated rings. The molecule has 1 aromatic heterocycles. The third-order valence-electron chi connectivity index (χ3n) is 1.76. The van der Waals surface area contributed by atoms with Crippen molar-refractivity contribution in [3.63, 3.8) is 0 Å². The Morgan fingerprint density at radius 3 is 2.50 bits per heavy atom. The van der Waals surface area contributed by atoms with Gasteiger partial charge in [-0.1, -0.05) is 0 Å². The summed E-state index contributed by atoms with van der Waals surface area (Å²) in [5, 5.41) is 3.68. The SMILES string of the molecule is CSc1cnn(C(C)C(F)(F)F)c1Br. The Morgan fingerprint density at radius 1 is 1.57 bits per heavy atom. The van der Waals surface area contributed by atoms with Gasteiger partial charge >= 0.3 is 6.18 Å². The maximum absolute atomic E-state index is 12.3. The zero-order valence-electron chi connectivity index (χ0n) is 7.47. The summed E-state index contributed by atoms with van der Waals surface area (Å²) in [5.74, 6) is 0. The van der Waals surface area contributed by atoms with Crippen LogP contribution in [0.5, 0.6) is 0 Å². The molecule has 0 saturated heterocycles. The van der Waals surface area contributed by atoms with Crippen LogP contribution in [0.3, 0.4) is 0 Å². The number of hydrogen-bond donors (Lipinski definition) is 0. The second-order valence-corrected chi connectivity index (χ2v) is 4.27. The van der Waals surface area contributed by atoms with E-state index in [1.807, 2.05) is 0 Å². The predicted molar refractivity (Wildman–Crippen MR) is 52.5 cm³/mol. The fraction of sp³-hybridized carbons (Fsp3) is 0.571. The molecule has 80 valence electrons. The monoisotopic (exact) mass is 288 g/mol. The maximum atomic E-state index is 12.3. The molecule has 1 atom stereocenters. The van der Waals surface area contributed by atoms with E-state index < -0.39 is 12.2 Å². The Hall–Kier alpha value is -0.170. The van der Waals surface area contributed by atoms with Crippen molar-refractivity contribution in [3.05, 3.63) is 10.8 Å². The Morgan fingerprint density at radius 2 is 2.14 bits per heavy atom. The summed E-state index contributed by atoms with van der Waals surface area (Å²) in [6, 6.07) is -1.61. The fourth-order valence-electron chi connectivity index (χ4n) is 0.877. The molecule has 1 aromatic rings. The van der Waals surface area contributed by atoms with E-state index in [0.717, 1.165) is 11.6 Å². The fourth-order valence-corrected chi connectivity index (χ4v) is 2.28. The van der Waals surface area contributed by atoms with E-state index in [0.29, 0.717) is 9.50 Å². The summed E-state index contributed by atoms with van der Waals surface area (Å²) in [4.78, 5) is 0.695. The van der Waals surface area contributed by atoms with Crippen LogP contribution in [0.4, 0.5) is 13.2 Å². The van der Waals surface area contributed by atoms with Crippen LogP contribution in [-0.4, -0.2) is 22.2 Å². The minimum absolute atomic E-state index is 0.370. The number of hydrogen-bond acceptors (Lipinski definition) is 2. The van der Waals surface area contributed by atoms with Gasteiger partial charge in [-0.25, -0.2) is 4.68 Å². The summed E-state index contributed by atoms with van der Waals surface area (Å²) in [5.41, 5.74) is 0. The van der Waals surface area contributed by atoms with Crippen molar-refractivity contribution >= 4 is 27.7 Å². The minimum Gasteiger partial charge on any atom is -0.245 e. The molecule has 1 heterocycles. The van der Waals surface area contributed by atoms with Crippen LogP contribution in [0.1, 0.15) is 13.0 Å². The van der Waals surface area contributed by atoms with Gasteiger partial charge < -0.3 is 0 Å². The van der Waals surface area contributed by atoms with Crippen LogP contribution in [0, 0.1) is 0 Å². The average molecular weight is 289 g/mol. The first-order valence-corrected chi connectivity index (χ1v) is 5.73. The second kappa shape index (κ2) is 4.14. The van der Waals surface area contributed by atoms with Crippen molar-refractivity contribution in [1.29, 1.82) is 0 Å². The van der Waals surface area contributed by atoms with Crippen molar-refractivity contribution in [2.75, 3.05) is 6.26 Å². The van der Waals surface area contributed by atoms with Gasteiger partial charge in [-0.3, -0.25) is 0 Å². The molecule has 0 aromatic carbocycles. The number of alkyl halides is 3. The van der Waals surface area contributed by atoms with Crippen LogP contribution < -0.4 is 0 Å². The molecular formula is C7H8BrF3N2S. The van der Waals surface area contributed by atoms with Gasteiger partial charge in [-0.05, 0) is 29.1 Å². The molecule has 0 spiro atoms. The summed E-state index contributed by atoms with van der Waals surface area (Å²) < 4.78 is 38.3. The molecule has 0 aliphatic heterocycles. The van der Waals surface area contributed by atoms with E-state index in [1.165, 1.54) is 18.0 Å². The Labute approximate surface area is 92.0 Å². The van der Waals surface area contributed by atoms with Gasteiger partial charge in [0.25, 0.3) is 0 Å². The minimum atomic E-state index is -4.27. The molecule has 7 heteroatoms. The van der Waals surface area contributed by atoms with Gasteiger partial charge in [-0.2, -0.15) is 18.3 Å². The van der Waals surface area contributed by atoms with Crippen LogP contribution in [0.25, 0.3) is 0 Å². The number of nitrogens with zero attached hydrogens (tertiary/aromatic N) is 2. The van der Waals surface area contributed by atoms with Crippen LogP contribution >= 0.6 is 27.7 Å². The first-order valence-electron chi connectivity index (χ1n) is 3.71. The molecule has 0 N–H and O–H groups in total. The first-order chi connectivity index (χ1) is 6.38. The van der Waals surface area contributed by atoms with Crippen LogP contribution in [0.2, 0.25) is 0 Å². The number of thioether (sulfide) groups is 1. The zero-order chi connectivity index (χ0) is 10.9. The maximum Gasteiger partial charge on any atom is 0.410 e. The molecular weight excluding hydrogens is 281 g/mol. The lowest BCUT2D eigenvalue weighted by atomic mass is 10.3. The number of halogens is 4. The largest absolute Gasteiger partial charge is 0.410 e. The first kappa shape index (κ1) is 11.9. The molecule has 0 amide bonds. The highest BCUT2D eigenvalue weighted by atomic mass is 79.9. The number of rotatable bonds is 2. The normalized spacial score (nSPS) is 14.4. The molecule has 1 rings (SSSR count). The molecule has 0 saturated carbocycles. The highest BCUT2D eigenvalue weighted by molar-refractivity contribution is 9.10. The molecule has 14 heavy (non-hydrogen) atoms. The van der Waals surface area contributed by atoms with Crippen molar-refractivity contribution in [3.8, 4) is 0 Å². The average Bonchev–Trinajstić information content (AvgIpc) is 2.43.